The standard InChI is InChI=1S/C15H21N3O2/c1-17(2)13(11-7-4-3-5-8-11)15(20)18-10-6-9-12(18)14(16)19/h3-5,7-8,12-13H,6,9-10H2,1-2H3,(H2,16,19)/t12?,13-/m1/s1. The van der Waals surface area contributed by atoms with Crippen molar-refractivity contribution < 1.29 is 9.59 Å². The van der Waals surface area contributed by atoms with E-state index in [2.05, 4.69) is 0 Å². The Bertz CT molecular complexity index is 487. The van der Waals surface area contributed by atoms with Crippen molar-refractivity contribution in [1.29, 1.82) is 0 Å². The van der Waals surface area contributed by atoms with Crippen LogP contribution in [0.5, 0.6) is 0 Å². The highest BCUT2D eigenvalue weighted by molar-refractivity contribution is 5.90. The molecule has 2 atom stereocenters. The number of carbonyl (C=O) groups is 2. The maximum atomic E-state index is 12.8. The fraction of sp³-hybridized carbons (Fsp3) is 0.467. The molecule has 1 aromatic carbocycles. The Labute approximate surface area is 119 Å². The highest BCUT2D eigenvalue weighted by Crippen LogP contribution is 2.26. The lowest BCUT2D eigenvalue weighted by Gasteiger charge is -2.31. The smallest absolute Gasteiger partial charge is 0.245 e. The highest BCUT2D eigenvalue weighted by atomic mass is 16.2. The molecule has 2 amide bonds. The highest BCUT2D eigenvalue weighted by Gasteiger charge is 2.37. The molecule has 1 aromatic rings. The van der Waals surface area contributed by atoms with Crippen molar-refractivity contribution in [2.75, 3.05) is 20.6 Å². The number of carbonyl (C=O) groups excluding carboxylic acids is 2. The van der Waals surface area contributed by atoms with Crippen molar-refractivity contribution >= 4 is 11.8 Å². The third-order valence-corrected chi connectivity index (χ3v) is 3.73. The third-order valence-electron chi connectivity index (χ3n) is 3.73. The Morgan fingerprint density at radius 3 is 2.50 bits per heavy atom. The molecule has 1 saturated heterocycles. The largest absolute Gasteiger partial charge is 0.368 e. The number of benzene rings is 1. The molecule has 1 fully saturated rings. The summed E-state index contributed by atoms with van der Waals surface area (Å²) in [6.07, 6.45) is 1.49. The second-order valence-corrected chi connectivity index (χ2v) is 5.37. The van der Waals surface area contributed by atoms with Crippen LogP contribution in [0.4, 0.5) is 0 Å². The zero-order chi connectivity index (χ0) is 14.7. The fourth-order valence-corrected chi connectivity index (χ4v) is 2.78. The minimum Gasteiger partial charge on any atom is -0.368 e. The molecule has 1 heterocycles. The third kappa shape index (κ3) is 2.82. The number of amides is 2. The topological polar surface area (TPSA) is 66.6 Å². The van der Waals surface area contributed by atoms with E-state index in [0.29, 0.717) is 13.0 Å². The molecule has 1 unspecified atom stereocenters. The number of hydrogen-bond donors (Lipinski definition) is 1. The Balaban J connectivity index is 2.26. The van der Waals surface area contributed by atoms with E-state index in [9.17, 15) is 9.59 Å². The summed E-state index contributed by atoms with van der Waals surface area (Å²) in [7, 11) is 3.73. The van der Waals surface area contributed by atoms with Gasteiger partial charge in [-0.1, -0.05) is 30.3 Å². The molecule has 0 bridgehead atoms. The molecular weight excluding hydrogens is 254 g/mol. The monoisotopic (exact) mass is 275 g/mol. The number of hydrogen-bond acceptors (Lipinski definition) is 3. The zero-order valence-corrected chi connectivity index (χ0v) is 12.0. The average Bonchev–Trinajstić information content (AvgIpc) is 2.89. The summed E-state index contributed by atoms with van der Waals surface area (Å²) in [6, 6.07) is 8.76. The minimum absolute atomic E-state index is 0.0532. The number of primary amides is 1. The van der Waals surface area contributed by atoms with Crippen LogP contribution < -0.4 is 5.73 Å². The van der Waals surface area contributed by atoms with E-state index in [0.717, 1.165) is 12.0 Å². The van der Waals surface area contributed by atoms with Crippen molar-refractivity contribution in [2.45, 2.75) is 24.9 Å². The van der Waals surface area contributed by atoms with Crippen LogP contribution in [0.2, 0.25) is 0 Å². The Hall–Kier alpha value is -1.88. The molecule has 2 N–H and O–H groups in total. The van der Waals surface area contributed by atoms with Gasteiger partial charge in [0.1, 0.15) is 12.1 Å². The quantitative estimate of drug-likeness (QED) is 0.882. The van der Waals surface area contributed by atoms with E-state index in [4.69, 9.17) is 5.73 Å². The van der Waals surface area contributed by atoms with Gasteiger partial charge in [0.05, 0.1) is 0 Å². The summed E-state index contributed by atoms with van der Waals surface area (Å²) in [5.74, 6) is -0.469. The van der Waals surface area contributed by atoms with Crippen LogP contribution in [0.15, 0.2) is 30.3 Å². The van der Waals surface area contributed by atoms with Crippen molar-refractivity contribution in [3.63, 3.8) is 0 Å². The summed E-state index contributed by atoms with van der Waals surface area (Å²) in [5, 5.41) is 0. The van der Waals surface area contributed by atoms with Crippen LogP contribution in [-0.2, 0) is 9.59 Å². The number of nitrogens with two attached hydrogens (primary N) is 1. The SMILES string of the molecule is CN(C)[C@@H](C(=O)N1CCCC1C(N)=O)c1ccccc1. The molecule has 5 heteroatoms. The van der Waals surface area contributed by atoms with Crippen molar-refractivity contribution in [3.8, 4) is 0 Å². The first kappa shape index (κ1) is 14.5. The van der Waals surface area contributed by atoms with Gasteiger partial charge in [0.15, 0.2) is 0 Å². The maximum Gasteiger partial charge on any atom is 0.245 e. The first-order valence-electron chi connectivity index (χ1n) is 6.83. The Morgan fingerprint density at radius 1 is 1.30 bits per heavy atom. The van der Waals surface area contributed by atoms with E-state index in [1.807, 2.05) is 49.3 Å². The van der Waals surface area contributed by atoms with E-state index in [1.54, 1.807) is 4.90 Å². The molecule has 0 saturated carbocycles. The Kier molecular flexibility index (Phi) is 4.39. The lowest BCUT2D eigenvalue weighted by atomic mass is 10.0. The zero-order valence-electron chi connectivity index (χ0n) is 12.0. The van der Waals surface area contributed by atoms with Crippen molar-refractivity contribution in [3.05, 3.63) is 35.9 Å². The van der Waals surface area contributed by atoms with Gasteiger partial charge < -0.3 is 10.6 Å². The van der Waals surface area contributed by atoms with Crippen LogP contribution in [0.3, 0.4) is 0 Å². The number of rotatable bonds is 4. The number of likely N-dealkylation sites (tertiary alicyclic amines) is 1. The minimum atomic E-state index is -0.464. The van der Waals surface area contributed by atoms with Gasteiger partial charge in [0, 0.05) is 6.54 Å². The van der Waals surface area contributed by atoms with Crippen LogP contribution >= 0.6 is 0 Å². The summed E-state index contributed by atoms with van der Waals surface area (Å²) >= 11 is 0. The molecule has 2 rings (SSSR count). The molecule has 0 aliphatic carbocycles. The van der Waals surface area contributed by atoms with Gasteiger partial charge in [-0.25, -0.2) is 0 Å². The second kappa shape index (κ2) is 6.05. The van der Waals surface area contributed by atoms with Gasteiger partial charge in [0.2, 0.25) is 11.8 Å². The van der Waals surface area contributed by atoms with Crippen LogP contribution in [0, 0.1) is 0 Å². The summed E-state index contributed by atoms with van der Waals surface area (Å²) in [6.45, 7) is 0.601. The average molecular weight is 275 g/mol. The lowest BCUT2D eigenvalue weighted by molar-refractivity contribution is -0.141. The normalized spacial score (nSPS) is 20.1. The molecule has 0 spiro atoms. The van der Waals surface area contributed by atoms with E-state index in [1.165, 1.54) is 0 Å². The van der Waals surface area contributed by atoms with Crippen molar-refractivity contribution in [1.82, 2.24) is 9.80 Å². The van der Waals surface area contributed by atoms with Gasteiger partial charge >= 0.3 is 0 Å². The van der Waals surface area contributed by atoms with Gasteiger partial charge in [0.25, 0.3) is 0 Å². The van der Waals surface area contributed by atoms with E-state index in [-0.39, 0.29) is 11.9 Å². The lowest BCUT2D eigenvalue weighted by Crippen LogP contribution is -2.47. The van der Waals surface area contributed by atoms with E-state index < -0.39 is 11.9 Å². The summed E-state index contributed by atoms with van der Waals surface area (Å²) in [5.41, 5.74) is 6.32. The van der Waals surface area contributed by atoms with Gasteiger partial charge in [-0.05, 0) is 32.5 Å². The fourth-order valence-electron chi connectivity index (χ4n) is 2.78. The van der Waals surface area contributed by atoms with Crippen molar-refractivity contribution in [2.24, 2.45) is 5.73 Å². The molecule has 20 heavy (non-hydrogen) atoms. The molecule has 5 nitrogen and oxygen atoms in total. The molecule has 108 valence electrons. The predicted octanol–water partition coefficient (Wildman–Crippen LogP) is 0.766. The Morgan fingerprint density at radius 2 is 1.95 bits per heavy atom. The molecule has 1 aliphatic heterocycles. The van der Waals surface area contributed by atoms with Crippen LogP contribution in [0.25, 0.3) is 0 Å². The summed E-state index contributed by atoms with van der Waals surface area (Å²) < 4.78 is 0. The van der Waals surface area contributed by atoms with Gasteiger partial charge in [-0.15, -0.1) is 0 Å². The van der Waals surface area contributed by atoms with Crippen LogP contribution in [-0.4, -0.2) is 48.3 Å². The maximum absolute atomic E-state index is 12.8. The number of nitrogens with zero attached hydrogens (tertiary/aromatic N) is 2. The molecule has 0 aromatic heterocycles. The van der Waals surface area contributed by atoms with E-state index >= 15 is 0 Å². The molecule has 0 radical (unpaired) electrons. The van der Waals surface area contributed by atoms with Gasteiger partial charge in [-0.2, -0.15) is 0 Å². The number of likely N-dealkylation sites (N-methyl/N-ethyl adjacent to an activating group) is 1. The first-order chi connectivity index (χ1) is 9.52. The summed E-state index contributed by atoms with van der Waals surface area (Å²) in [4.78, 5) is 27.7. The van der Waals surface area contributed by atoms with Crippen LogP contribution in [0.1, 0.15) is 24.4 Å². The first-order valence-corrected chi connectivity index (χ1v) is 6.83. The molecular formula is C15H21N3O2. The van der Waals surface area contributed by atoms with Gasteiger partial charge in [-0.3, -0.25) is 14.5 Å². The second-order valence-electron chi connectivity index (χ2n) is 5.37. The molecule has 1 aliphatic rings. The predicted molar refractivity (Wildman–Crippen MR) is 76.8 cm³/mol.